The fourth-order valence-electron chi connectivity index (χ4n) is 6.52. The third kappa shape index (κ3) is 5.53. The van der Waals surface area contributed by atoms with E-state index in [-0.39, 0.29) is 0 Å². The summed E-state index contributed by atoms with van der Waals surface area (Å²) in [6.45, 7) is 3.21. The molecule has 3 aromatic carbocycles. The molecule has 1 aromatic heterocycles. The van der Waals surface area contributed by atoms with Gasteiger partial charge in [-0.25, -0.2) is 4.98 Å². The molecule has 1 aliphatic carbocycles. The molecule has 0 spiro atoms. The number of aromatic nitrogens is 2. The lowest BCUT2D eigenvalue weighted by molar-refractivity contribution is -0.141. The summed E-state index contributed by atoms with van der Waals surface area (Å²) in [6.07, 6.45) is 1.12. The number of aromatic amines is 1. The summed E-state index contributed by atoms with van der Waals surface area (Å²) >= 11 is 0. The molecule has 2 N–H and O–H groups in total. The van der Waals surface area contributed by atoms with E-state index in [9.17, 15) is 18.0 Å². The molecule has 6 rings (SSSR count). The summed E-state index contributed by atoms with van der Waals surface area (Å²) in [7, 11) is 0. The van der Waals surface area contributed by atoms with Crippen LogP contribution in [0.25, 0.3) is 22.4 Å². The fraction of sp³-hybridized carbons (Fsp3) is 0.333. The van der Waals surface area contributed by atoms with Gasteiger partial charge in [0.1, 0.15) is 12.0 Å². The van der Waals surface area contributed by atoms with Crippen LogP contribution in [0.15, 0.2) is 85.3 Å². The van der Waals surface area contributed by atoms with Gasteiger partial charge in [0.2, 0.25) is 5.91 Å². The third-order valence-electron chi connectivity index (χ3n) is 8.55. The number of unbranched alkanes of at least 4 members (excludes halogenated alkanes) is 1. The number of rotatable bonds is 9. The van der Waals surface area contributed by atoms with Gasteiger partial charge in [0.15, 0.2) is 0 Å². The molecule has 2 heterocycles. The maximum atomic E-state index is 13.7. The number of piperazine rings is 1. The fourth-order valence-corrected chi connectivity index (χ4v) is 6.52. The lowest BCUT2D eigenvalue weighted by atomic mass is 9.73. The molecule has 0 unspecified atom stereocenters. The Morgan fingerprint density at radius 2 is 1.60 bits per heavy atom. The van der Waals surface area contributed by atoms with Crippen molar-refractivity contribution in [3.63, 3.8) is 0 Å². The van der Waals surface area contributed by atoms with Gasteiger partial charge in [-0.15, -0.1) is 0 Å². The van der Waals surface area contributed by atoms with Crippen molar-refractivity contribution in [1.82, 2.24) is 20.2 Å². The molecule has 1 aliphatic heterocycles. The third-order valence-corrected chi connectivity index (χ3v) is 8.55. The van der Waals surface area contributed by atoms with E-state index in [4.69, 9.17) is 0 Å². The summed E-state index contributed by atoms with van der Waals surface area (Å²) in [6, 6.07) is 23.7. The van der Waals surface area contributed by atoms with Crippen LogP contribution in [0.4, 0.5) is 18.9 Å². The van der Waals surface area contributed by atoms with Gasteiger partial charge in [-0.05, 0) is 53.8 Å². The molecule has 0 saturated carbocycles. The smallest absolute Gasteiger partial charge is 0.369 e. The standard InChI is InChI=1S/C33H34F3N5O/c34-33(35,36)22-38-31(42)32(28-12-3-1-10-26(28)27-11-2-4-13-29(27)32)14-5-6-15-40-16-18-41(19-17-40)25-9-7-8-24(20-25)30-21-37-23-39-30/h1-4,7-13,20-21,23H,5-6,14-19,22H2,(H,37,39)(H,38,42). The Morgan fingerprint density at radius 3 is 2.24 bits per heavy atom. The highest BCUT2D eigenvalue weighted by molar-refractivity contribution is 6.00. The molecule has 1 fully saturated rings. The normalized spacial score (nSPS) is 16.2. The van der Waals surface area contributed by atoms with Crippen LogP contribution in [0.2, 0.25) is 0 Å². The molecule has 4 aromatic rings. The minimum Gasteiger partial charge on any atom is -0.369 e. The molecule has 0 bridgehead atoms. The zero-order valence-electron chi connectivity index (χ0n) is 23.3. The zero-order valence-corrected chi connectivity index (χ0v) is 23.3. The van der Waals surface area contributed by atoms with E-state index >= 15 is 0 Å². The molecule has 1 amide bonds. The van der Waals surface area contributed by atoms with Crippen LogP contribution >= 0.6 is 0 Å². The van der Waals surface area contributed by atoms with Gasteiger partial charge < -0.3 is 15.2 Å². The van der Waals surface area contributed by atoms with E-state index in [1.165, 1.54) is 5.69 Å². The first kappa shape index (κ1) is 28.0. The Balaban J connectivity index is 1.10. The molecular weight excluding hydrogens is 539 g/mol. The van der Waals surface area contributed by atoms with Crippen molar-refractivity contribution in [2.75, 3.05) is 44.2 Å². The number of carbonyl (C=O) groups excluding carboxylic acids is 1. The number of amides is 1. The van der Waals surface area contributed by atoms with Crippen LogP contribution in [0.5, 0.6) is 0 Å². The molecular formula is C33H34F3N5O. The summed E-state index contributed by atoms with van der Waals surface area (Å²) in [5.41, 5.74) is 5.46. The van der Waals surface area contributed by atoms with Gasteiger partial charge in [0.05, 0.1) is 12.0 Å². The van der Waals surface area contributed by atoms with Gasteiger partial charge in [-0.2, -0.15) is 13.2 Å². The Kier molecular flexibility index (Phi) is 7.77. The first-order valence-electron chi connectivity index (χ1n) is 14.5. The molecule has 0 radical (unpaired) electrons. The van der Waals surface area contributed by atoms with Gasteiger partial charge in [-0.1, -0.05) is 67.1 Å². The SMILES string of the molecule is O=C(NCC(F)(F)F)C1(CCCCN2CCN(c3cccc(-c4c[nH]cn4)c3)CC2)c2ccccc2-c2ccccc21. The quantitative estimate of drug-likeness (QED) is 0.241. The summed E-state index contributed by atoms with van der Waals surface area (Å²) in [4.78, 5) is 25.9. The highest BCUT2D eigenvalue weighted by Crippen LogP contribution is 2.51. The maximum absolute atomic E-state index is 13.7. The van der Waals surface area contributed by atoms with E-state index < -0.39 is 24.0 Å². The van der Waals surface area contributed by atoms with Crippen molar-refractivity contribution in [3.8, 4) is 22.4 Å². The Labute approximate surface area is 243 Å². The van der Waals surface area contributed by atoms with Crippen LogP contribution in [-0.2, 0) is 10.2 Å². The van der Waals surface area contributed by atoms with E-state index in [0.29, 0.717) is 12.8 Å². The number of benzene rings is 3. The second-order valence-corrected chi connectivity index (χ2v) is 11.1. The number of imidazole rings is 1. The lowest BCUT2D eigenvalue weighted by Gasteiger charge is -2.36. The topological polar surface area (TPSA) is 64.3 Å². The molecule has 1 saturated heterocycles. The number of anilines is 1. The predicted molar refractivity (Wildman–Crippen MR) is 158 cm³/mol. The van der Waals surface area contributed by atoms with Crippen molar-refractivity contribution in [2.24, 2.45) is 0 Å². The number of halogens is 3. The number of hydrogen-bond donors (Lipinski definition) is 2. The summed E-state index contributed by atoms with van der Waals surface area (Å²) in [5.74, 6) is -0.581. The first-order chi connectivity index (χ1) is 20.3. The molecule has 0 atom stereocenters. The predicted octanol–water partition coefficient (Wildman–Crippen LogP) is 6.01. The van der Waals surface area contributed by atoms with Crippen molar-refractivity contribution < 1.29 is 18.0 Å². The molecule has 9 heteroatoms. The summed E-state index contributed by atoms with van der Waals surface area (Å²) < 4.78 is 39.4. The van der Waals surface area contributed by atoms with Gasteiger partial charge in [-0.3, -0.25) is 9.69 Å². The van der Waals surface area contributed by atoms with E-state index in [2.05, 4.69) is 49.4 Å². The number of carbonyl (C=O) groups is 1. The first-order valence-corrected chi connectivity index (χ1v) is 14.5. The number of nitrogens with zero attached hydrogens (tertiary/aromatic N) is 3. The molecule has 6 nitrogen and oxygen atoms in total. The van der Waals surface area contributed by atoms with Crippen LogP contribution in [0.3, 0.4) is 0 Å². The van der Waals surface area contributed by atoms with Crippen molar-refractivity contribution >= 4 is 11.6 Å². The van der Waals surface area contributed by atoms with E-state index in [0.717, 1.165) is 72.7 Å². The summed E-state index contributed by atoms with van der Waals surface area (Å²) in [5, 5.41) is 2.23. The number of alkyl halides is 3. The Bertz CT molecular complexity index is 1480. The number of H-pyrrole nitrogens is 1. The van der Waals surface area contributed by atoms with Gasteiger partial charge >= 0.3 is 6.18 Å². The second kappa shape index (κ2) is 11.6. The van der Waals surface area contributed by atoms with Crippen LogP contribution in [-0.4, -0.2) is 66.2 Å². The number of fused-ring (bicyclic) bond motifs is 3. The average Bonchev–Trinajstić information content (AvgIpc) is 3.65. The monoisotopic (exact) mass is 573 g/mol. The number of hydrogen-bond acceptors (Lipinski definition) is 4. The minimum atomic E-state index is -4.48. The van der Waals surface area contributed by atoms with Crippen LogP contribution in [0, 0.1) is 0 Å². The average molecular weight is 574 g/mol. The lowest BCUT2D eigenvalue weighted by Crippen LogP contribution is -2.47. The van der Waals surface area contributed by atoms with Crippen molar-refractivity contribution in [2.45, 2.75) is 30.9 Å². The van der Waals surface area contributed by atoms with Gasteiger partial charge in [0, 0.05) is 43.6 Å². The van der Waals surface area contributed by atoms with E-state index in [1.807, 2.05) is 54.7 Å². The maximum Gasteiger partial charge on any atom is 0.405 e. The van der Waals surface area contributed by atoms with Crippen molar-refractivity contribution in [3.05, 3.63) is 96.4 Å². The molecule has 218 valence electrons. The van der Waals surface area contributed by atoms with Crippen LogP contribution in [0.1, 0.15) is 30.4 Å². The Hall–Kier alpha value is -4.11. The van der Waals surface area contributed by atoms with E-state index in [1.54, 1.807) is 6.33 Å². The van der Waals surface area contributed by atoms with Crippen LogP contribution < -0.4 is 10.2 Å². The van der Waals surface area contributed by atoms with Gasteiger partial charge in [0.25, 0.3) is 0 Å². The molecule has 2 aliphatic rings. The number of nitrogens with one attached hydrogen (secondary N) is 2. The zero-order chi connectivity index (χ0) is 29.2. The highest BCUT2D eigenvalue weighted by atomic mass is 19.4. The van der Waals surface area contributed by atoms with Crippen molar-refractivity contribution in [1.29, 1.82) is 0 Å². The second-order valence-electron chi connectivity index (χ2n) is 11.1. The molecule has 42 heavy (non-hydrogen) atoms. The minimum absolute atomic E-state index is 0.449. The highest BCUT2D eigenvalue weighted by Gasteiger charge is 2.49. The Morgan fingerprint density at radius 1 is 0.905 bits per heavy atom. The largest absolute Gasteiger partial charge is 0.405 e.